The molecule has 3 atom stereocenters. The summed E-state index contributed by atoms with van der Waals surface area (Å²) in [6, 6.07) is 0. The van der Waals surface area contributed by atoms with E-state index in [1.165, 1.54) is 25.7 Å². The standard InChI is InChI=1S/C13H21N/c1-4-13(2,3)14-9-12-8-10-5-6-11(12)7-10/h1,10-12,14H,5-9H2,2-3H3. The molecule has 0 aromatic carbocycles. The molecule has 1 heteroatoms. The van der Waals surface area contributed by atoms with Crippen LogP contribution in [-0.4, -0.2) is 12.1 Å². The summed E-state index contributed by atoms with van der Waals surface area (Å²) in [6.07, 6.45) is 11.3. The predicted octanol–water partition coefficient (Wildman–Crippen LogP) is 2.42. The quantitative estimate of drug-likeness (QED) is 0.676. The van der Waals surface area contributed by atoms with Crippen LogP contribution in [-0.2, 0) is 0 Å². The van der Waals surface area contributed by atoms with Crippen molar-refractivity contribution in [1.29, 1.82) is 0 Å². The zero-order valence-corrected chi connectivity index (χ0v) is 9.34. The summed E-state index contributed by atoms with van der Waals surface area (Å²) in [5, 5.41) is 3.50. The van der Waals surface area contributed by atoms with Crippen LogP contribution in [0, 0.1) is 30.1 Å². The van der Waals surface area contributed by atoms with Crippen LogP contribution < -0.4 is 5.32 Å². The van der Waals surface area contributed by atoms with Crippen LogP contribution in [0.15, 0.2) is 0 Å². The molecule has 1 N–H and O–H groups in total. The minimum absolute atomic E-state index is 0.123. The summed E-state index contributed by atoms with van der Waals surface area (Å²) in [7, 11) is 0. The second-order valence-electron chi connectivity index (χ2n) is 5.59. The number of hydrogen-bond donors (Lipinski definition) is 1. The SMILES string of the molecule is C#CC(C)(C)NCC1CC2CCC1C2. The third-order valence-electron chi connectivity index (χ3n) is 4.05. The first-order valence-electron chi connectivity index (χ1n) is 5.83. The highest BCUT2D eigenvalue weighted by Crippen LogP contribution is 2.48. The Morgan fingerprint density at radius 3 is 2.64 bits per heavy atom. The summed E-state index contributed by atoms with van der Waals surface area (Å²) in [5.74, 6) is 5.75. The highest BCUT2D eigenvalue weighted by molar-refractivity contribution is 5.07. The first-order chi connectivity index (χ1) is 6.61. The van der Waals surface area contributed by atoms with Gasteiger partial charge in [-0.15, -0.1) is 6.42 Å². The van der Waals surface area contributed by atoms with E-state index in [1.807, 2.05) is 0 Å². The molecular formula is C13H21N. The molecule has 1 nitrogen and oxygen atoms in total. The smallest absolute Gasteiger partial charge is 0.0741 e. The van der Waals surface area contributed by atoms with E-state index in [9.17, 15) is 0 Å². The van der Waals surface area contributed by atoms with Gasteiger partial charge in [-0.2, -0.15) is 0 Å². The minimum Gasteiger partial charge on any atom is -0.301 e. The van der Waals surface area contributed by atoms with Crippen molar-refractivity contribution in [1.82, 2.24) is 5.32 Å². The van der Waals surface area contributed by atoms with Crippen molar-refractivity contribution in [2.24, 2.45) is 17.8 Å². The van der Waals surface area contributed by atoms with Crippen LogP contribution in [0.5, 0.6) is 0 Å². The molecule has 0 aromatic heterocycles. The molecule has 0 aromatic rings. The molecule has 0 saturated heterocycles. The lowest BCUT2D eigenvalue weighted by Crippen LogP contribution is -2.41. The molecule has 2 fully saturated rings. The van der Waals surface area contributed by atoms with Gasteiger partial charge in [0.2, 0.25) is 0 Å². The maximum absolute atomic E-state index is 5.45. The van der Waals surface area contributed by atoms with Crippen LogP contribution in [0.3, 0.4) is 0 Å². The van der Waals surface area contributed by atoms with Crippen molar-refractivity contribution >= 4 is 0 Å². The van der Waals surface area contributed by atoms with Crippen LogP contribution in [0.25, 0.3) is 0 Å². The van der Waals surface area contributed by atoms with Gasteiger partial charge in [0.15, 0.2) is 0 Å². The average molecular weight is 191 g/mol. The van der Waals surface area contributed by atoms with E-state index in [4.69, 9.17) is 6.42 Å². The van der Waals surface area contributed by atoms with E-state index in [0.717, 1.165) is 24.3 Å². The third kappa shape index (κ3) is 1.96. The summed E-state index contributed by atoms with van der Waals surface area (Å²) in [5.41, 5.74) is -0.123. The van der Waals surface area contributed by atoms with E-state index in [0.29, 0.717) is 0 Å². The molecule has 0 aliphatic heterocycles. The Balaban J connectivity index is 1.80. The van der Waals surface area contributed by atoms with E-state index in [-0.39, 0.29) is 5.54 Å². The molecule has 2 aliphatic rings. The van der Waals surface area contributed by atoms with Crippen molar-refractivity contribution in [2.75, 3.05) is 6.54 Å². The topological polar surface area (TPSA) is 12.0 Å². The lowest BCUT2D eigenvalue weighted by atomic mass is 9.88. The van der Waals surface area contributed by atoms with Gasteiger partial charge < -0.3 is 5.32 Å². The third-order valence-corrected chi connectivity index (χ3v) is 4.05. The van der Waals surface area contributed by atoms with Crippen molar-refractivity contribution in [3.63, 3.8) is 0 Å². The van der Waals surface area contributed by atoms with Gasteiger partial charge in [0.25, 0.3) is 0 Å². The van der Waals surface area contributed by atoms with Crippen molar-refractivity contribution < 1.29 is 0 Å². The van der Waals surface area contributed by atoms with Crippen molar-refractivity contribution in [3.05, 3.63) is 0 Å². The molecule has 2 aliphatic carbocycles. The summed E-state index contributed by atoms with van der Waals surface area (Å²) in [4.78, 5) is 0. The Bertz CT molecular complexity index is 248. The molecule has 78 valence electrons. The molecule has 2 rings (SSSR count). The number of fused-ring (bicyclic) bond motifs is 2. The number of hydrogen-bond acceptors (Lipinski definition) is 1. The molecule has 2 saturated carbocycles. The minimum atomic E-state index is -0.123. The van der Waals surface area contributed by atoms with Crippen molar-refractivity contribution in [3.8, 4) is 12.3 Å². The Labute approximate surface area is 87.7 Å². The van der Waals surface area contributed by atoms with E-state index < -0.39 is 0 Å². The number of rotatable bonds is 3. The summed E-state index contributed by atoms with van der Waals surface area (Å²) >= 11 is 0. The van der Waals surface area contributed by atoms with Gasteiger partial charge in [-0.1, -0.05) is 12.3 Å². The molecule has 0 amide bonds. The fraction of sp³-hybridized carbons (Fsp3) is 0.846. The summed E-state index contributed by atoms with van der Waals surface area (Å²) in [6.45, 7) is 5.29. The molecule has 14 heavy (non-hydrogen) atoms. The monoisotopic (exact) mass is 191 g/mol. The molecular weight excluding hydrogens is 170 g/mol. The lowest BCUT2D eigenvalue weighted by molar-refractivity contribution is 0.299. The van der Waals surface area contributed by atoms with E-state index in [2.05, 4.69) is 25.1 Å². The zero-order valence-electron chi connectivity index (χ0n) is 9.34. The maximum Gasteiger partial charge on any atom is 0.0741 e. The Morgan fingerprint density at radius 1 is 1.36 bits per heavy atom. The highest BCUT2D eigenvalue weighted by Gasteiger charge is 2.39. The van der Waals surface area contributed by atoms with Gasteiger partial charge in [0.05, 0.1) is 5.54 Å². The van der Waals surface area contributed by atoms with E-state index in [1.54, 1.807) is 0 Å². The van der Waals surface area contributed by atoms with Gasteiger partial charge in [0, 0.05) is 0 Å². The van der Waals surface area contributed by atoms with Gasteiger partial charge in [-0.3, -0.25) is 0 Å². The Kier molecular flexibility index (Phi) is 2.58. The number of nitrogens with one attached hydrogen (secondary N) is 1. The predicted molar refractivity (Wildman–Crippen MR) is 59.9 cm³/mol. The second-order valence-corrected chi connectivity index (χ2v) is 5.59. The van der Waals surface area contributed by atoms with Gasteiger partial charge in [-0.25, -0.2) is 0 Å². The molecule has 0 heterocycles. The zero-order chi connectivity index (χ0) is 10.2. The molecule has 0 spiro atoms. The lowest BCUT2D eigenvalue weighted by Gasteiger charge is -2.27. The average Bonchev–Trinajstić information content (AvgIpc) is 2.76. The maximum atomic E-state index is 5.45. The first kappa shape index (κ1) is 10.1. The van der Waals surface area contributed by atoms with Crippen LogP contribution in [0.4, 0.5) is 0 Å². The largest absolute Gasteiger partial charge is 0.301 e. The Morgan fingerprint density at radius 2 is 2.14 bits per heavy atom. The molecule has 3 unspecified atom stereocenters. The van der Waals surface area contributed by atoms with E-state index >= 15 is 0 Å². The Hall–Kier alpha value is -0.480. The summed E-state index contributed by atoms with van der Waals surface area (Å²) < 4.78 is 0. The molecule has 2 bridgehead atoms. The fourth-order valence-electron chi connectivity index (χ4n) is 3.06. The number of terminal acetylenes is 1. The van der Waals surface area contributed by atoms with Crippen molar-refractivity contribution in [2.45, 2.75) is 45.1 Å². The normalized spacial score (nSPS) is 35.9. The molecule has 0 radical (unpaired) electrons. The van der Waals surface area contributed by atoms with Gasteiger partial charge >= 0.3 is 0 Å². The van der Waals surface area contributed by atoms with Crippen LogP contribution >= 0.6 is 0 Å². The fourth-order valence-corrected chi connectivity index (χ4v) is 3.06. The first-order valence-corrected chi connectivity index (χ1v) is 5.83. The second kappa shape index (κ2) is 3.59. The van der Waals surface area contributed by atoms with Gasteiger partial charge in [0.1, 0.15) is 0 Å². The highest BCUT2D eigenvalue weighted by atomic mass is 14.9. The van der Waals surface area contributed by atoms with Crippen LogP contribution in [0.2, 0.25) is 0 Å². The van der Waals surface area contributed by atoms with Crippen LogP contribution in [0.1, 0.15) is 39.5 Å². The van der Waals surface area contributed by atoms with Gasteiger partial charge in [-0.05, 0) is 57.4 Å².